The van der Waals surface area contributed by atoms with Gasteiger partial charge in [-0.05, 0) is 22.9 Å². The number of aromatic nitrogens is 2. The number of hydrogen-bond donors (Lipinski definition) is 0. The van der Waals surface area contributed by atoms with Gasteiger partial charge in [-0.2, -0.15) is 0 Å². The van der Waals surface area contributed by atoms with Crippen molar-refractivity contribution in [1.82, 2.24) is 9.55 Å². The third-order valence-electron chi connectivity index (χ3n) is 2.33. The van der Waals surface area contributed by atoms with E-state index in [1.165, 1.54) is 10.4 Å². The van der Waals surface area contributed by atoms with E-state index in [9.17, 15) is 0 Å². The molecule has 0 saturated heterocycles. The third-order valence-corrected chi connectivity index (χ3v) is 3.27. The number of rotatable bonds is 2. The molecule has 0 aliphatic heterocycles. The molecule has 2 aromatic rings. The van der Waals surface area contributed by atoms with Crippen molar-refractivity contribution in [3.8, 4) is 10.7 Å². The molecule has 0 atom stereocenters. The van der Waals surface area contributed by atoms with Crippen LogP contribution in [0.2, 0.25) is 0 Å². The van der Waals surface area contributed by atoms with Gasteiger partial charge >= 0.3 is 0 Å². The van der Waals surface area contributed by atoms with Gasteiger partial charge in [0.05, 0.1) is 4.88 Å². The molecular weight excluding hydrogens is 192 g/mol. The highest BCUT2D eigenvalue weighted by Crippen LogP contribution is 2.28. The molecule has 0 fully saturated rings. The predicted molar refractivity (Wildman–Crippen MR) is 60.6 cm³/mol. The topological polar surface area (TPSA) is 17.8 Å². The van der Waals surface area contributed by atoms with Crippen LogP contribution in [0.25, 0.3) is 10.7 Å². The Labute approximate surface area is 88.2 Å². The van der Waals surface area contributed by atoms with Crippen LogP contribution in [-0.4, -0.2) is 9.55 Å². The molecule has 0 N–H and O–H groups in total. The number of thiophene rings is 1. The van der Waals surface area contributed by atoms with Crippen LogP contribution in [0.3, 0.4) is 0 Å². The van der Waals surface area contributed by atoms with Crippen molar-refractivity contribution in [3.05, 3.63) is 29.4 Å². The molecule has 2 heterocycles. The van der Waals surface area contributed by atoms with E-state index >= 15 is 0 Å². The molecule has 74 valence electrons. The van der Waals surface area contributed by atoms with Crippen molar-refractivity contribution in [2.24, 2.45) is 7.05 Å². The lowest BCUT2D eigenvalue weighted by atomic mass is 10.1. The van der Waals surface area contributed by atoms with Crippen molar-refractivity contribution < 1.29 is 0 Å². The molecule has 2 rings (SSSR count). The molecule has 0 spiro atoms. The van der Waals surface area contributed by atoms with Gasteiger partial charge < -0.3 is 4.57 Å². The van der Waals surface area contributed by atoms with Crippen LogP contribution in [-0.2, 0) is 7.05 Å². The van der Waals surface area contributed by atoms with E-state index in [-0.39, 0.29) is 0 Å². The summed E-state index contributed by atoms with van der Waals surface area (Å²) in [5.74, 6) is 1.65. The Bertz CT molecular complexity index is 426. The Morgan fingerprint density at radius 2 is 2.21 bits per heavy atom. The second-order valence-corrected chi connectivity index (χ2v) is 4.67. The Morgan fingerprint density at radius 3 is 2.71 bits per heavy atom. The predicted octanol–water partition coefficient (Wildman–Crippen LogP) is 3.27. The zero-order valence-corrected chi connectivity index (χ0v) is 9.51. The van der Waals surface area contributed by atoms with Gasteiger partial charge in [0.1, 0.15) is 5.82 Å². The third kappa shape index (κ3) is 1.60. The summed E-state index contributed by atoms with van der Waals surface area (Å²) in [6.45, 7) is 4.43. The van der Waals surface area contributed by atoms with Gasteiger partial charge in [-0.3, -0.25) is 0 Å². The van der Waals surface area contributed by atoms with Crippen LogP contribution in [0.1, 0.15) is 25.3 Å². The molecule has 0 bridgehead atoms. The molecular formula is C11H14N2S. The van der Waals surface area contributed by atoms with E-state index in [0.717, 1.165) is 5.82 Å². The fraction of sp³-hybridized carbons (Fsp3) is 0.364. The van der Waals surface area contributed by atoms with E-state index < -0.39 is 0 Å². The van der Waals surface area contributed by atoms with Crippen LogP contribution in [0.15, 0.2) is 23.8 Å². The first kappa shape index (κ1) is 9.46. The Balaban J connectivity index is 2.39. The van der Waals surface area contributed by atoms with Gasteiger partial charge in [-0.25, -0.2) is 4.98 Å². The molecule has 2 nitrogen and oxygen atoms in total. The van der Waals surface area contributed by atoms with Crippen LogP contribution in [0.5, 0.6) is 0 Å². The molecule has 0 radical (unpaired) electrons. The summed E-state index contributed by atoms with van der Waals surface area (Å²) in [4.78, 5) is 5.58. The normalized spacial score (nSPS) is 11.1. The fourth-order valence-corrected chi connectivity index (χ4v) is 2.48. The molecule has 2 aromatic heterocycles. The largest absolute Gasteiger partial charge is 0.333 e. The van der Waals surface area contributed by atoms with Crippen molar-refractivity contribution in [2.75, 3.05) is 0 Å². The van der Waals surface area contributed by atoms with Crippen molar-refractivity contribution in [2.45, 2.75) is 19.8 Å². The highest BCUT2D eigenvalue weighted by molar-refractivity contribution is 7.13. The summed E-state index contributed by atoms with van der Waals surface area (Å²) in [5.41, 5.74) is 1.40. The number of nitrogens with zero attached hydrogens (tertiary/aromatic N) is 2. The Morgan fingerprint density at radius 1 is 1.43 bits per heavy atom. The maximum atomic E-state index is 4.33. The first-order valence-corrected chi connectivity index (χ1v) is 5.62. The molecule has 0 saturated carbocycles. The highest BCUT2D eigenvalue weighted by atomic mass is 32.1. The van der Waals surface area contributed by atoms with Crippen molar-refractivity contribution >= 4 is 11.3 Å². The molecule has 0 aromatic carbocycles. The molecule has 14 heavy (non-hydrogen) atoms. The minimum absolute atomic E-state index is 0.597. The van der Waals surface area contributed by atoms with Gasteiger partial charge in [-0.15, -0.1) is 11.3 Å². The van der Waals surface area contributed by atoms with E-state index in [1.807, 2.05) is 19.4 Å². The van der Waals surface area contributed by atoms with Crippen molar-refractivity contribution in [3.63, 3.8) is 0 Å². The monoisotopic (exact) mass is 206 g/mol. The van der Waals surface area contributed by atoms with Gasteiger partial charge in [0, 0.05) is 19.4 Å². The number of hydrogen-bond acceptors (Lipinski definition) is 2. The lowest BCUT2D eigenvalue weighted by Gasteiger charge is -1.99. The SMILES string of the molecule is CC(C)c1csc(-c2nccn2C)c1. The summed E-state index contributed by atoms with van der Waals surface area (Å²) in [5, 5.41) is 2.22. The molecule has 0 amide bonds. The second kappa shape index (κ2) is 3.58. The lowest BCUT2D eigenvalue weighted by Crippen LogP contribution is -1.88. The smallest absolute Gasteiger partial charge is 0.149 e. The number of imidazole rings is 1. The Hall–Kier alpha value is -1.09. The standard InChI is InChI=1S/C11H14N2S/c1-8(2)9-6-10(14-7-9)11-12-4-5-13(11)3/h4-8H,1-3H3. The quantitative estimate of drug-likeness (QED) is 0.737. The first-order chi connectivity index (χ1) is 6.68. The van der Waals surface area contributed by atoms with E-state index in [0.29, 0.717) is 5.92 Å². The van der Waals surface area contributed by atoms with E-state index in [2.05, 4.69) is 34.8 Å². The number of aryl methyl sites for hydroxylation is 1. The van der Waals surface area contributed by atoms with Crippen LogP contribution < -0.4 is 0 Å². The minimum atomic E-state index is 0.597. The summed E-state index contributed by atoms with van der Waals surface area (Å²) >= 11 is 1.77. The molecule has 0 aliphatic rings. The minimum Gasteiger partial charge on any atom is -0.333 e. The molecule has 0 aliphatic carbocycles. The van der Waals surface area contributed by atoms with E-state index in [4.69, 9.17) is 0 Å². The van der Waals surface area contributed by atoms with Gasteiger partial charge in [0.25, 0.3) is 0 Å². The zero-order chi connectivity index (χ0) is 10.1. The van der Waals surface area contributed by atoms with E-state index in [1.54, 1.807) is 11.3 Å². The summed E-state index contributed by atoms with van der Waals surface area (Å²) < 4.78 is 2.05. The Kier molecular flexibility index (Phi) is 2.42. The van der Waals surface area contributed by atoms with Gasteiger partial charge in [0.15, 0.2) is 0 Å². The summed E-state index contributed by atoms with van der Waals surface area (Å²) in [7, 11) is 2.02. The highest BCUT2D eigenvalue weighted by Gasteiger charge is 2.08. The lowest BCUT2D eigenvalue weighted by molar-refractivity contribution is 0.871. The van der Waals surface area contributed by atoms with Crippen molar-refractivity contribution in [1.29, 1.82) is 0 Å². The summed E-state index contributed by atoms with van der Waals surface area (Å²) in [6.07, 6.45) is 3.81. The van der Waals surface area contributed by atoms with Crippen LogP contribution in [0.4, 0.5) is 0 Å². The molecule has 0 unspecified atom stereocenters. The maximum Gasteiger partial charge on any atom is 0.149 e. The summed E-state index contributed by atoms with van der Waals surface area (Å²) in [6, 6.07) is 2.23. The van der Waals surface area contributed by atoms with Crippen LogP contribution >= 0.6 is 11.3 Å². The first-order valence-electron chi connectivity index (χ1n) is 4.74. The zero-order valence-electron chi connectivity index (χ0n) is 8.69. The van der Waals surface area contributed by atoms with Gasteiger partial charge in [0.2, 0.25) is 0 Å². The molecule has 3 heteroatoms. The maximum absolute atomic E-state index is 4.33. The van der Waals surface area contributed by atoms with Crippen LogP contribution in [0, 0.1) is 0 Å². The fourth-order valence-electron chi connectivity index (χ4n) is 1.37. The average molecular weight is 206 g/mol. The second-order valence-electron chi connectivity index (χ2n) is 3.76. The van der Waals surface area contributed by atoms with Gasteiger partial charge in [-0.1, -0.05) is 13.8 Å². The average Bonchev–Trinajstić information content (AvgIpc) is 2.71.